The minimum absolute atomic E-state index is 0.0719. The average molecular weight is 497 g/mol. The third-order valence-electron chi connectivity index (χ3n) is 4.02. The quantitative estimate of drug-likeness (QED) is 0.546. The Morgan fingerprint density at radius 1 is 1.37 bits per heavy atom. The number of nitrogens with zero attached hydrogens (tertiary/aromatic N) is 3. The number of aromatic nitrogens is 3. The number of benzene rings is 1. The van der Waals surface area contributed by atoms with Crippen LogP contribution in [0.2, 0.25) is 0 Å². The fourth-order valence-corrected chi connectivity index (χ4v) is 4.15. The maximum absolute atomic E-state index is 13.3. The number of thiophene rings is 1. The molecule has 0 aliphatic heterocycles. The summed E-state index contributed by atoms with van der Waals surface area (Å²) in [4.78, 5) is 25.4. The van der Waals surface area contributed by atoms with Crippen LogP contribution in [0.3, 0.4) is 0 Å². The van der Waals surface area contributed by atoms with E-state index in [2.05, 4.69) is 26.3 Å². The Kier molecular flexibility index (Phi) is 6.77. The number of fused-ring (bicyclic) bond motifs is 1. The SMILES string of the molecule is CC(C)(C)OC(=O)NC/C(=C\F)Cn1ncn(Cc2cc3cc(Br)ccc3s2)c1=O. The van der Waals surface area contributed by atoms with E-state index in [0.29, 0.717) is 12.9 Å². The van der Waals surface area contributed by atoms with Crippen molar-refractivity contribution < 1.29 is 13.9 Å². The van der Waals surface area contributed by atoms with Crippen LogP contribution in [-0.4, -0.2) is 32.6 Å². The van der Waals surface area contributed by atoms with Crippen LogP contribution in [-0.2, 0) is 17.8 Å². The van der Waals surface area contributed by atoms with E-state index in [1.807, 2.05) is 24.3 Å². The zero-order valence-corrected chi connectivity index (χ0v) is 19.2. The molecule has 0 atom stereocenters. The Balaban J connectivity index is 1.65. The Hall–Kier alpha value is -2.46. The van der Waals surface area contributed by atoms with Crippen molar-refractivity contribution in [2.75, 3.05) is 6.54 Å². The van der Waals surface area contributed by atoms with E-state index in [1.165, 1.54) is 10.9 Å². The molecule has 1 aromatic carbocycles. The molecule has 0 bridgehead atoms. The normalized spacial score (nSPS) is 12.4. The van der Waals surface area contributed by atoms with E-state index in [4.69, 9.17) is 4.74 Å². The van der Waals surface area contributed by atoms with Crippen LogP contribution in [0.5, 0.6) is 0 Å². The second-order valence-corrected chi connectivity index (χ2v) is 9.80. The lowest BCUT2D eigenvalue weighted by molar-refractivity contribution is 0.0532. The summed E-state index contributed by atoms with van der Waals surface area (Å²) in [6.45, 7) is 5.42. The summed E-state index contributed by atoms with van der Waals surface area (Å²) in [5, 5.41) is 7.64. The predicted octanol–water partition coefficient (Wildman–Crippen LogP) is 4.45. The molecule has 0 radical (unpaired) electrons. The summed E-state index contributed by atoms with van der Waals surface area (Å²) in [5.41, 5.74) is -0.813. The molecule has 0 unspecified atom stereocenters. The van der Waals surface area contributed by atoms with Crippen molar-refractivity contribution in [2.24, 2.45) is 0 Å². The summed E-state index contributed by atoms with van der Waals surface area (Å²) in [7, 11) is 0. The Morgan fingerprint density at radius 3 is 2.83 bits per heavy atom. The number of carbonyl (C=O) groups is 1. The zero-order valence-electron chi connectivity index (χ0n) is 16.8. The van der Waals surface area contributed by atoms with Crippen LogP contribution in [0.15, 0.2) is 51.8 Å². The first-order valence-electron chi connectivity index (χ1n) is 9.20. The van der Waals surface area contributed by atoms with Gasteiger partial charge in [-0.2, -0.15) is 5.10 Å². The lowest BCUT2D eigenvalue weighted by Gasteiger charge is -2.19. The molecule has 0 spiro atoms. The first kappa shape index (κ1) is 22.2. The van der Waals surface area contributed by atoms with E-state index in [0.717, 1.165) is 24.1 Å². The summed E-state index contributed by atoms with van der Waals surface area (Å²) < 4.78 is 23.1. The molecule has 1 amide bonds. The second-order valence-electron chi connectivity index (χ2n) is 7.72. The van der Waals surface area contributed by atoms with Gasteiger partial charge in [0.25, 0.3) is 0 Å². The van der Waals surface area contributed by atoms with Crippen molar-refractivity contribution in [1.29, 1.82) is 0 Å². The zero-order chi connectivity index (χ0) is 21.9. The van der Waals surface area contributed by atoms with E-state index < -0.39 is 11.7 Å². The van der Waals surface area contributed by atoms with Crippen LogP contribution >= 0.6 is 27.3 Å². The van der Waals surface area contributed by atoms with Crippen LogP contribution in [0.1, 0.15) is 25.6 Å². The molecule has 1 N–H and O–H groups in total. The highest BCUT2D eigenvalue weighted by atomic mass is 79.9. The maximum Gasteiger partial charge on any atom is 0.407 e. The van der Waals surface area contributed by atoms with Crippen LogP contribution in [0.4, 0.5) is 9.18 Å². The maximum atomic E-state index is 13.3. The smallest absolute Gasteiger partial charge is 0.407 e. The van der Waals surface area contributed by atoms with Gasteiger partial charge in [0, 0.05) is 20.6 Å². The molecule has 0 saturated carbocycles. The third-order valence-corrected chi connectivity index (χ3v) is 5.61. The molecule has 3 rings (SSSR count). The van der Waals surface area contributed by atoms with Gasteiger partial charge in [-0.05, 0) is 56.0 Å². The number of hydrogen-bond donors (Lipinski definition) is 1. The summed E-state index contributed by atoms with van der Waals surface area (Å²) in [6, 6.07) is 8.06. The molecule has 10 heteroatoms. The van der Waals surface area contributed by atoms with Gasteiger partial charge >= 0.3 is 11.8 Å². The van der Waals surface area contributed by atoms with Gasteiger partial charge in [0.2, 0.25) is 0 Å². The van der Waals surface area contributed by atoms with Gasteiger partial charge in [-0.15, -0.1) is 11.3 Å². The summed E-state index contributed by atoms with van der Waals surface area (Å²) >= 11 is 5.06. The van der Waals surface area contributed by atoms with E-state index in [-0.39, 0.29) is 24.4 Å². The number of carbonyl (C=O) groups excluding carboxylic acids is 1. The van der Waals surface area contributed by atoms with Gasteiger partial charge < -0.3 is 10.1 Å². The molecule has 0 aliphatic rings. The molecule has 160 valence electrons. The van der Waals surface area contributed by atoms with Crippen molar-refractivity contribution in [2.45, 2.75) is 39.5 Å². The number of ether oxygens (including phenoxy) is 1. The van der Waals surface area contributed by atoms with Crippen molar-refractivity contribution in [3.8, 4) is 0 Å². The molecule has 0 fully saturated rings. The molecule has 2 aromatic heterocycles. The Labute approximate surface area is 185 Å². The van der Waals surface area contributed by atoms with Gasteiger partial charge in [-0.3, -0.25) is 4.57 Å². The summed E-state index contributed by atoms with van der Waals surface area (Å²) in [6.07, 6.45) is 1.14. The fourth-order valence-electron chi connectivity index (χ4n) is 2.72. The number of rotatable bonds is 6. The third kappa shape index (κ3) is 5.79. The van der Waals surface area contributed by atoms with Crippen LogP contribution in [0.25, 0.3) is 10.1 Å². The lowest BCUT2D eigenvalue weighted by Crippen LogP contribution is -2.34. The predicted molar refractivity (Wildman–Crippen MR) is 119 cm³/mol. The van der Waals surface area contributed by atoms with Gasteiger partial charge in [-0.25, -0.2) is 18.7 Å². The van der Waals surface area contributed by atoms with E-state index in [9.17, 15) is 14.0 Å². The number of hydrogen-bond acceptors (Lipinski definition) is 5. The monoisotopic (exact) mass is 496 g/mol. The molecule has 30 heavy (non-hydrogen) atoms. The van der Waals surface area contributed by atoms with Crippen molar-refractivity contribution in [3.63, 3.8) is 0 Å². The number of amides is 1. The van der Waals surface area contributed by atoms with Gasteiger partial charge in [0.15, 0.2) is 0 Å². The van der Waals surface area contributed by atoms with Gasteiger partial charge in [0.05, 0.1) is 19.4 Å². The minimum Gasteiger partial charge on any atom is -0.444 e. The fraction of sp³-hybridized carbons (Fsp3) is 0.350. The molecule has 0 saturated heterocycles. The second kappa shape index (κ2) is 9.13. The average Bonchev–Trinajstić information content (AvgIpc) is 3.20. The largest absolute Gasteiger partial charge is 0.444 e. The highest BCUT2D eigenvalue weighted by Gasteiger charge is 2.16. The molecule has 7 nitrogen and oxygen atoms in total. The molecular formula is C20H22BrFN4O3S. The van der Waals surface area contributed by atoms with Gasteiger partial charge in [-0.1, -0.05) is 15.9 Å². The number of halogens is 2. The first-order valence-corrected chi connectivity index (χ1v) is 10.8. The first-order chi connectivity index (χ1) is 14.1. The Bertz CT molecular complexity index is 1140. The van der Waals surface area contributed by atoms with Crippen LogP contribution < -0.4 is 11.0 Å². The lowest BCUT2D eigenvalue weighted by atomic mass is 10.2. The van der Waals surface area contributed by atoms with E-state index in [1.54, 1.807) is 32.1 Å². The van der Waals surface area contributed by atoms with Gasteiger partial charge in [0.1, 0.15) is 11.9 Å². The standard InChI is InChI=1S/C20H22BrFN4O3S/c1-20(2,3)29-18(27)23-9-13(8-22)10-26-19(28)25(12-24-26)11-16-7-14-6-15(21)4-5-17(14)30-16/h4-8,12H,9-11H2,1-3H3,(H,23,27)/b13-8+. The molecule has 3 aromatic rings. The molecular weight excluding hydrogens is 475 g/mol. The summed E-state index contributed by atoms with van der Waals surface area (Å²) in [5.74, 6) is 0. The van der Waals surface area contributed by atoms with Crippen molar-refractivity contribution in [1.82, 2.24) is 19.7 Å². The number of nitrogens with one attached hydrogen (secondary N) is 1. The highest BCUT2D eigenvalue weighted by Crippen LogP contribution is 2.28. The minimum atomic E-state index is -0.656. The topological polar surface area (TPSA) is 78.2 Å². The van der Waals surface area contributed by atoms with Crippen molar-refractivity contribution in [3.05, 3.63) is 62.3 Å². The number of alkyl carbamates (subject to hydrolysis) is 1. The van der Waals surface area contributed by atoms with Crippen molar-refractivity contribution >= 4 is 43.4 Å². The Morgan fingerprint density at radius 2 is 2.13 bits per heavy atom. The van der Waals surface area contributed by atoms with Crippen LogP contribution in [0, 0.1) is 0 Å². The highest BCUT2D eigenvalue weighted by molar-refractivity contribution is 9.10. The molecule has 2 heterocycles. The molecule has 0 aliphatic carbocycles. The van der Waals surface area contributed by atoms with E-state index >= 15 is 0 Å².